The van der Waals surface area contributed by atoms with Crippen LogP contribution in [-0.2, 0) is 44.4 Å². The molecule has 1 heterocycles. The lowest BCUT2D eigenvalue weighted by Gasteiger charge is -2.28. The lowest BCUT2D eigenvalue weighted by atomic mass is 9.78. The smallest absolute Gasteiger partial charge is 0.282 e. The van der Waals surface area contributed by atoms with E-state index in [2.05, 4.69) is 4.98 Å². The van der Waals surface area contributed by atoms with Gasteiger partial charge in [0.1, 0.15) is 24.5 Å². The number of aromatic amines is 1. The van der Waals surface area contributed by atoms with E-state index in [0.29, 0.717) is 16.7 Å². The third-order valence-corrected chi connectivity index (χ3v) is 7.84. The molecule has 0 spiro atoms. The van der Waals surface area contributed by atoms with Crippen LogP contribution in [0.3, 0.4) is 0 Å². The Bertz CT molecular complexity index is 947. The lowest BCUT2D eigenvalue weighted by Crippen LogP contribution is -2.20. The quantitative estimate of drug-likeness (QED) is 0.493. The second-order valence-corrected chi connectivity index (χ2v) is 13.5. The number of rotatable bonds is 5. The van der Waals surface area contributed by atoms with Gasteiger partial charge in [-0.25, -0.2) is 0 Å². The fourth-order valence-corrected chi connectivity index (χ4v) is 6.36. The van der Waals surface area contributed by atoms with Gasteiger partial charge < -0.3 is 18.8 Å². The number of phenols is 1. The zero-order chi connectivity index (χ0) is 24.0. The van der Waals surface area contributed by atoms with Gasteiger partial charge in [0.25, 0.3) is 5.03 Å². The molecule has 0 fully saturated rings. The molecule has 1 aromatic carbocycles. The summed E-state index contributed by atoms with van der Waals surface area (Å²) in [6, 6.07) is 3.26. The van der Waals surface area contributed by atoms with Crippen molar-refractivity contribution in [1.82, 2.24) is 4.98 Å². The summed E-state index contributed by atoms with van der Waals surface area (Å²) < 4.78 is 37.2. The highest BCUT2D eigenvalue weighted by Gasteiger charge is 2.39. The van der Waals surface area contributed by atoms with Crippen LogP contribution in [0.1, 0.15) is 68.6 Å². The van der Waals surface area contributed by atoms with E-state index in [1.54, 1.807) is 12.1 Å². The fraction of sp³-hybridized carbons (Fsp3) is 0.500. The van der Waals surface area contributed by atoms with E-state index in [-0.39, 0.29) is 26.3 Å². The molecule has 31 heavy (non-hydrogen) atoms. The largest absolute Gasteiger partial charge is 0.611 e. The van der Waals surface area contributed by atoms with Crippen LogP contribution < -0.4 is 0 Å². The Labute approximate surface area is 193 Å². The highest BCUT2D eigenvalue weighted by atomic mass is 32.2. The first-order valence-corrected chi connectivity index (χ1v) is 14.3. The van der Waals surface area contributed by atoms with Gasteiger partial charge in [0.15, 0.2) is 5.56 Å². The molecule has 0 aliphatic heterocycles. The van der Waals surface area contributed by atoms with Crippen LogP contribution in [0, 0.1) is 0 Å². The molecule has 2 rings (SSSR count). The topological polar surface area (TPSA) is 122 Å². The normalized spacial score (nSPS) is 15.6. The van der Waals surface area contributed by atoms with E-state index in [1.807, 2.05) is 41.5 Å². The Morgan fingerprint density at radius 3 is 1.58 bits per heavy atom. The van der Waals surface area contributed by atoms with Crippen molar-refractivity contribution in [2.45, 2.75) is 67.3 Å². The highest BCUT2D eigenvalue weighted by molar-refractivity contribution is 7.94. The summed E-state index contributed by atoms with van der Waals surface area (Å²) in [6.45, 7) is 11.6. The zero-order valence-corrected chi connectivity index (χ0v) is 21.9. The maximum atomic E-state index is 13.7. The maximum absolute atomic E-state index is 13.7. The van der Waals surface area contributed by atoms with Gasteiger partial charge >= 0.3 is 0 Å². The highest BCUT2D eigenvalue weighted by Crippen LogP contribution is 2.41. The van der Waals surface area contributed by atoms with Crippen molar-refractivity contribution < 1.29 is 23.6 Å². The molecule has 3 atom stereocenters. The summed E-state index contributed by atoms with van der Waals surface area (Å²) in [4.78, 5) is 16.7. The summed E-state index contributed by atoms with van der Waals surface area (Å²) in [7, 11) is 0. The van der Waals surface area contributed by atoms with E-state index in [0.717, 1.165) is 0 Å². The van der Waals surface area contributed by atoms with Crippen molar-refractivity contribution in [2.24, 2.45) is 0 Å². The molecule has 0 amide bonds. The summed E-state index contributed by atoms with van der Waals surface area (Å²) in [5, 5.41) is 11.2. The molecular formula is C22H31NO5S3. The Morgan fingerprint density at radius 1 is 0.839 bits per heavy atom. The second-order valence-electron chi connectivity index (χ2n) is 9.60. The number of carbonyl (C=O) groups is 1. The molecular weight excluding hydrogens is 454 g/mol. The molecule has 2 N–H and O–H groups in total. The van der Waals surface area contributed by atoms with Crippen molar-refractivity contribution in [3.8, 4) is 5.75 Å². The van der Waals surface area contributed by atoms with Crippen LogP contribution in [0.15, 0.2) is 27.1 Å². The lowest BCUT2D eigenvalue weighted by molar-refractivity contribution is 0.103. The van der Waals surface area contributed by atoms with Gasteiger partial charge in [-0.1, -0.05) is 41.5 Å². The minimum absolute atomic E-state index is 0.0253. The van der Waals surface area contributed by atoms with Gasteiger partial charge in [0.05, 0.1) is 0 Å². The van der Waals surface area contributed by atoms with Crippen molar-refractivity contribution in [3.63, 3.8) is 0 Å². The molecule has 1 aromatic heterocycles. The van der Waals surface area contributed by atoms with Crippen LogP contribution in [0.25, 0.3) is 0 Å². The molecule has 172 valence electrons. The number of carbonyl (C=O) groups excluding carboxylic acids is 1. The molecule has 0 aliphatic carbocycles. The van der Waals surface area contributed by atoms with Crippen LogP contribution >= 0.6 is 0 Å². The Kier molecular flexibility index (Phi) is 7.62. The minimum atomic E-state index is -1.64. The maximum Gasteiger partial charge on any atom is 0.282 e. The standard InChI is InChI=1S/C22H31NO5S3/c1-21(2,3)13-10-12(11-14(17(13)25)22(4,5)6)16(24)15-18(29(7)26)20(31(9)28)23-19(15)30(8)27/h10-11,23,25H,1-9H3. The van der Waals surface area contributed by atoms with E-state index < -0.39 is 50.1 Å². The molecule has 0 saturated heterocycles. The van der Waals surface area contributed by atoms with E-state index in [1.165, 1.54) is 18.8 Å². The first-order chi connectivity index (χ1) is 14.0. The molecule has 6 nitrogen and oxygen atoms in total. The van der Waals surface area contributed by atoms with Gasteiger partial charge in [-0.15, -0.1) is 0 Å². The molecule has 0 saturated carbocycles. The van der Waals surface area contributed by atoms with Crippen LogP contribution in [0.4, 0.5) is 0 Å². The number of nitrogens with one attached hydrogen (secondary N) is 1. The van der Waals surface area contributed by atoms with E-state index in [9.17, 15) is 23.6 Å². The molecule has 2 aromatic rings. The fourth-order valence-electron chi connectivity index (χ4n) is 3.39. The van der Waals surface area contributed by atoms with Crippen molar-refractivity contribution in [2.75, 3.05) is 18.8 Å². The van der Waals surface area contributed by atoms with E-state index in [4.69, 9.17) is 0 Å². The summed E-state index contributed by atoms with van der Waals surface area (Å²) >= 11 is -4.80. The first kappa shape index (κ1) is 26.2. The molecule has 9 heteroatoms. The van der Waals surface area contributed by atoms with Crippen LogP contribution in [0.5, 0.6) is 5.75 Å². The molecule has 0 bridgehead atoms. The predicted molar refractivity (Wildman–Crippen MR) is 127 cm³/mol. The number of benzene rings is 1. The van der Waals surface area contributed by atoms with Gasteiger partial charge in [0, 0.05) is 39.0 Å². The van der Waals surface area contributed by atoms with Gasteiger partial charge in [-0.2, -0.15) is 0 Å². The van der Waals surface area contributed by atoms with Crippen molar-refractivity contribution in [3.05, 3.63) is 34.4 Å². The molecule has 3 unspecified atom stereocenters. The average Bonchev–Trinajstić information content (AvgIpc) is 3.00. The predicted octanol–water partition coefficient (Wildman–Crippen LogP) is 3.76. The van der Waals surface area contributed by atoms with Crippen LogP contribution in [-0.4, -0.2) is 48.3 Å². The van der Waals surface area contributed by atoms with E-state index >= 15 is 0 Å². The molecule has 0 radical (unpaired) electrons. The zero-order valence-electron chi connectivity index (χ0n) is 19.5. The van der Waals surface area contributed by atoms with Crippen molar-refractivity contribution in [1.29, 1.82) is 0 Å². The van der Waals surface area contributed by atoms with Crippen LogP contribution in [0.2, 0.25) is 0 Å². The number of H-pyrrole nitrogens is 1. The Hall–Kier alpha value is -1.10. The van der Waals surface area contributed by atoms with Crippen molar-refractivity contribution >= 4 is 39.3 Å². The summed E-state index contributed by atoms with van der Waals surface area (Å²) in [5.74, 6) is -0.334. The number of phenolic OH excluding ortho intramolecular Hbond substituents is 1. The Balaban J connectivity index is 2.89. The van der Waals surface area contributed by atoms with Gasteiger partial charge in [-0.05, 0) is 34.1 Å². The Morgan fingerprint density at radius 2 is 1.26 bits per heavy atom. The van der Waals surface area contributed by atoms with Gasteiger partial charge in [-0.3, -0.25) is 9.78 Å². The molecule has 0 aliphatic rings. The number of hydrogen-bond acceptors (Lipinski definition) is 5. The monoisotopic (exact) mass is 485 g/mol. The summed E-state index contributed by atoms with van der Waals surface area (Å²) in [6.07, 6.45) is 4.22. The SMILES string of the molecule is C[S+]([O-])c1[nH]c([S+](C)[O-])c([S+](C)[O-])c1C(=O)c1cc(C(C)(C)C)c(O)c(C(C)(C)C)c1. The minimum Gasteiger partial charge on any atom is -0.611 e. The van der Waals surface area contributed by atoms with Gasteiger partial charge in [0.2, 0.25) is 15.7 Å². The number of aromatic hydroxyl groups is 1. The second kappa shape index (κ2) is 9.03. The number of hydrogen-bond donors (Lipinski definition) is 2. The summed E-state index contributed by atoms with van der Waals surface area (Å²) in [5.41, 5.74) is 0.645. The first-order valence-electron chi connectivity index (χ1n) is 9.67. The average molecular weight is 486 g/mol. The third kappa shape index (κ3) is 5.29. The number of aromatic nitrogens is 1. The third-order valence-electron chi connectivity index (χ3n) is 4.96. The number of ketones is 1.